The van der Waals surface area contributed by atoms with E-state index in [9.17, 15) is 9.59 Å². The smallest absolute Gasteiger partial charge is 0.323 e. The summed E-state index contributed by atoms with van der Waals surface area (Å²) in [4.78, 5) is 26.5. The minimum absolute atomic E-state index is 0.0478. The van der Waals surface area contributed by atoms with E-state index in [-0.39, 0.29) is 18.5 Å². The minimum atomic E-state index is -0.488. The van der Waals surface area contributed by atoms with Gasteiger partial charge in [-0.25, -0.2) is 0 Å². The van der Waals surface area contributed by atoms with Crippen LogP contribution in [0.25, 0.3) is 0 Å². The van der Waals surface area contributed by atoms with Crippen LogP contribution < -0.4 is 16.0 Å². The Kier molecular flexibility index (Phi) is 11.3. The first-order valence-electron chi connectivity index (χ1n) is 9.07. The summed E-state index contributed by atoms with van der Waals surface area (Å²) < 4.78 is 5.36. The van der Waals surface area contributed by atoms with Gasteiger partial charge in [0.25, 0.3) is 0 Å². The number of nitrogens with one attached hydrogen (secondary N) is 3. The van der Waals surface area contributed by atoms with Gasteiger partial charge in [0.15, 0.2) is 0 Å². The van der Waals surface area contributed by atoms with Crippen molar-refractivity contribution in [1.82, 2.24) is 20.9 Å². The highest BCUT2D eigenvalue weighted by atomic mass is 16.5. The largest absolute Gasteiger partial charge is 0.460 e. The van der Waals surface area contributed by atoms with Crippen molar-refractivity contribution in [2.24, 2.45) is 0 Å². The molecule has 1 rings (SSSR count). The number of likely N-dealkylation sites (N-methyl/N-ethyl adjacent to an activating group) is 3. The van der Waals surface area contributed by atoms with Gasteiger partial charge in [-0.05, 0) is 33.1 Å². The molecule has 7 heteroatoms. The minimum Gasteiger partial charge on any atom is -0.460 e. The molecule has 146 valence electrons. The van der Waals surface area contributed by atoms with Crippen LogP contribution >= 0.6 is 0 Å². The second kappa shape index (κ2) is 13.3. The van der Waals surface area contributed by atoms with Crippen molar-refractivity contribution < 1.29 is 14.3 Å². The molecule has 0 aliphatic carbocycles. The van der Waals surface area contributed by atoms with Crippen LogP contribution in [0.5, 0.6) is 0 Å². The highest BCUT2D eigenvalue weighted by Crippen LogP contribution is 2.06. The number of rotatable bonds is 13. The predicted octanol–water partition coefficient (Wildman–Crippen LogP) is 0.365. The van der Waals surface area contributed by atoms with Crippen molar-refractivity contribution in [3.8, 4) is 0 Å². The normalized spacial score (nSPS) is 11.8. The van der Waals surface area contributed by atoms with Crippen LogP contribution in [0, 0.1) is 0 Å². The lowest BCUT2D eigenvalue weighted by Crippen LogP contribution is -2.41. The second-order valence-electron chi connectivity index (χ2n) is 6.06. The molecule has 1 aromatic rings. The van der Waals surface area contributed by atoms with E-state index in [1.807, 2.05) is 49.3 Å². The molecule has 0 bridgehead atoms. The van der Waals surface area contributed by atoms with Crippen LogP contribution in [0.15, 0.2) is 30.3 Å². The summed E-state index contributed by atoms with van der Waals surface area (Å²) in [7, 11) is 5.43. The van der Waals surface area contributed by atoms with E-state index < -0.39 is 6.04 Å². The average molecular weight is 364 g/mol. The van der Waals surface area contributed by atoms with Crippen LogP contribution in [-0.2, 0) is 20.9 Å². The number of benzene rings is 1. The molecule has 0 fully saturated rings. The Bertz CT molecular complexity index is 517. The number of amides is 1. The lowest BCUT2D eigenvalue weighted by Gasteiger charge is -2.23. The summed E-state index contributed by atoms with van der Waals surface area (Å²) in [6.07, 6.45) is 0.720. The molecule has 0 aliphatic heterocycles. The van der Waals surface area contributed by atoms with Gasteiger partial charge in [-0.1, -0.05) is 30.3 Å². The molecule has 0 aromatic heterocycles. The van der Waals surface area contributed by atoms with E-state index in [1.165, 1.54) is 0 Å². The zero-order valence-corrected chi connectivity index (χ0v) is 16.1. The van der Waals surface area contributed by atoms with Gasteiger partial charge < -0.3 is 25.6 Å². The van der Waals surface area contributed by atoms with Crippen LogP contribution in [0.1, 0.15) is 18.4 Å². The number of carbonyl (C=O) groups excluding carboxylic acids is 2. The van der Waals surface area contributed by atoms with Crippen LogP contribution in [-0.4, -0.2) is 70.1 Å². The molecule has 0 unspecified atom stereocenters. The van der Waals surface area contributed by atoms with Crippen LogP contribution in [0.2, 0.25) is 0 Å². The summed E-state index contributed by atoms with van der Waals surface area (Å²) in [6.45, 7) is 3.02. The van der Waals surface area contributed by atoms with Crippen molar-refractivity contribution in [2.75, 3.05) is 47.3 Å². The molecule has 1 atom stereocenters. The Hall–Kier alpha value is -1.96. The zero-order valence-electron chi connectivity index (χ0n) is 16.1. The fourth-order valence-electron chi connectivity index (χ4n) is 2.49. The van der Waals surface area contributed by atoms with E-state index in [0.29, 0.717) is 25.9 Å². The van der Waals surface area contributed by atoms with E-state index in [2.05, 4.69) is 16.0 Å². The molecule has 0 saturated heterocycles. The first-order valence-corrected chi connectivity index (χ1v) is 9.07. The van der Waals surface area contributed by atoms with Crippen molar-refractivity contribution >= 4 is 11.9 Å². The molecular weight excluding hydrogens is 332 g/mol. The third-order valence-electron chi connectivity index (χ3n) is 4.12. The zero-order chi connectivity index (χ0) is 19.2. The van der Waals surface area contributed by atoms with Gasteiger partial charge in [0.05, 0.1) is 0 Å². The highest BCUT2D eigenvalue weighted by molar-refractivity contribution is 5.79. The van der Waals surface area contributed by atoms with Crippen molar-refractivity contribution in [1.29, 1.82) is 0 Å². The molecule has 0 saturated carbocycles. The molecule has 1 amide bonds. The lowest BCUT2D eigenvalue weighted by atomic mass is 10.1. The average Bonchev–Trinajstić information content (AvgIpc) is 2.67. The number of carbonyl (C=O) groups is 2. The number of hydrogen-bond acceptors (Lipinski definition) is 6. The number of hydrogen-bond donors (Lipinski definition) is 3. The molecule has 0 heterocycles. The second-order valence-corrected chi connectivity index (χ2v) is 6.06. The van der Waals surface area contributed by atoms with E-state index in [1.54, 1.807) is 7.05 Å². The molecule has 0 radical (unpaired) electrons. The molecular formula is C19H32N4O3. The Morgan fingerprint density at radius 1 is 1.04 bits per heavy atom. The van der Waals surface area contributed by atoms with Gasteiger partial charge in [0, 0.05) is 32.6 Å². The van der Waals surface area contributed by atoms with Gasteiger partial charge >= 0.3 is 5.97 Å². The van der Waals surface area contributed by atoms with Gasteiger partial charge in [0.2, 0.25) is 5.91 Å². The Morgan fingerprint density at radius 2 is 1.65 bits per heavy atom. The summed E-state index contributed by atoms with van der Waals surface area (Å²) in [5.41, 5.74) is 0.942. The monoisotopic (exact) mass is 364 g/mol. The molecule has 26 heavy (non-hydrogen) atoms. The van der Waals surface area contributed by atoms with Gasteiger partial charge in [0.1, 0.15) is 12.6 Å². The molecule has 3 N–H and O–H groups in total. The maximum atomic E-state index is 12.5. The third-order valence-corrected chi connectivity index (χ3v) is 4.12. The number of esters is 1. The van der Waals surface area contributed by atoms with E-state index in [4.69, 9.17) is 4.74 Å². The van der Waals surface area contributed by atoms with Gasteiger partial charge in [-0.15, -0.1) is 0 Å². The summed E-state index contributed by atoms with van der Waals surface area (Å²) >= 11 is 0. The van der Waals surface area contributed by atoms with Crippen molar-refractivity contribution in [3.63, 3.8) is 0 Å². The van der Waals surface area contributed by atoms with Crippen LogP contribution in [0.4, 0.5) is 0 Å². The van der Waals surface area contributed by atoms with E-state index in [0.717, 1.165) is 18.7 Å². The lowest BCUT2D eigenvalue weighted by molar-refractivity contribution is -0.147. The Labute approximate surface area is 156 Å². The quantitative estimate of drug-likeness (QED) is 0.439. The molecule has 1 aromatic carbocycles. The molecule has 7 nitrogen and oxygen atoms in total. The van der Waals surface area contributed by atoms with E-state index >= 15 is 0 Å². The Morgan fingerprint density at radius 3 is 2.19 bits per heavy atom. The van der Waals surface area contributed by atoms with Crippen molar-refractivity contribution in [3.05, 3.63) is 35.9 Å². The SMILES string of the molecule is CNCCN(CCNC)C(=O)CC[C@H](NC)C(=O)OCc1ccccc1. The highest BCUT2D eigenvalue weighted by Gasteiger charge is 2.21. The first-order chi connectivity index (χ1) is 12.6. The maximum absolute atomic E-state index is 12.5. The summed E-state index contributed by atoms with van der Waals surface area (Å²) in [6, 6.07) is 9.06. The standard InChI is InChI=1S/C19H32N4O3/c1-20-11-13-23(14-12-21-2)18(24)10-9-17(22-3)19(25)26-15-16-7-5-4-6-8-16/h4-8,17,20-22H,9-15H2,1-3H3/t17-/m0/s1. The topological polar surface area (TPSA) is 82.7 Å². The summed E-state index contributed by atoms with van der Waals surface area (Å²) in [5.74, 6) is -0.284. The Balaban J connectivity index is 2.46. The number of ether oxygens (including phenoxy) is 1. The maximum Gasteiger partial charge on any atom is 0.323 e. The van der Waals surface area contributed by atoms with Gasteiger partial charge in [-0.3, -0.25) is 9.59 Å². The predicted molar refractivity (Wildman–Crippen MR) is 103 cm³/mol. The van der Waals surface area contributed by atoms with Crippen molar-refractivity contribution in [2.45, 2.75) is 25.5 Å². The number of nitrogens with zero attached hydrogens (tertiary/aromatic N) is 1. The van der Waals surface area contributed by atoms with Crippen LogP contribution in [0.3, 0.4) is 0 Å². The molecule has 0 aliphatic rings. The summed E-state index contributed by atoms with van der Waals surface area (Å²) in [5, 5.41) is 9.06. The fourth-order valence-corrected chi connectivity index (χ4v) is 2.49. The fraction of sp³-hybridized carbons (Fsp3) is 0.579. The third kappa shape index (κ3) is 8.42. The van der Waals surface area contributed by atoms with Gasteiger partial charge in [-0.2, -0.15) is 0 Å². The first kappa shape index (κ1) is 22.1. The molecule has 0 spiro atoms.